The normalized spacial score (nSPS) is 9.90. The maximum Gasteiger partial charge on any atom is 0.144 e. The third-order valence-electron chi connectivity index (χ3n) is 0.931. The molecule has 0 saturated heterocycles. The number of hydrogen-bond acceptors (Lipinski definition) is 4. The first kappa shape index (κ1) is 7.97. The lowest BCUT2D eigenvalue weighted by Crippen LogP contribution is -1.91. The fourth-order valence-electron chi connectivity index (χ4n) is 0.516. The highest BCUT2D eigenvalue weighted by atomic mass is 79.9. The second kappa shape index (κ2) is 3.32. The molecule has 0 fully saturated rings. The van der Waals surface area contributed by atoms with Crippen LogP contribution < -0.4 is 5.14 Å². The van der Waals surface area contributed by atoms with Crippen LogP contribution in [0, 0.1) is 6.92 Å². The van der Waals surface area contributed by atoms with Gasteiger partial charge in [0, 0.05) is 6.20 Å². The molecule has 54 valence electrons. The molecule has 1 heterocycles. The van der Waals surface area contributed by atoms with E-state index >= 15 is 0 Å². The predicted octanol–water partition coefficient (Wildman–Crippen LogP) is 1.51. The van der Waals surface area contributed by atoms with E-state index in [0.717, 1.165) is 17.6 Å². The molecule has 1 aromatic rings. The first-order valence-corrected chi connectivity index (χ1v) is 4.27. The van der Waals surface area contributed by atoms with Crippen LogP contribution >= 0.6 is 27.9 Å². The molecule has 0 bridgehead atoms. The summed E-state index contributed by atoms with van der Waals surface area (Å²) in [5.74, 6) is 0. The summed E-state index contributed by atoms with van der Waals surface area (Å²) < 4.78 is 0.708. The Morgan fingerprint density at radius 2 is 2.40 bits per heavy atom. The molecule has 0 radical (unpaired) electrons. The maximum atomic E-state index is 5.28. The van der Waals surface area contributed by atoms with Crippen molar-refractivity contribution in [2.75, 3.05) is 0 Å². The number of aryl methyl sites for hydroxylation is 1. The second-order valence-electron chi connectivity index (χ2n) is 1.73. The lowest BCUT2D eigenvalue weighted by atomic mass is 10.5. The fourth-order valence-corrected chi connectivity index (χ4v) is 1.43. The maximum absolute atomic E-state index is 5.28. The van der Waals surface area contributed by atoms with Gasteiger partial charge in [0.1, 0.15) is 9.63 Å². The summed E-state index contributed by atoms with van der Waals surface area (Å²) in [6.07, 6.45) is 1.68. The Morgan fingerprint density at radius 1 is 1.70 bits per heavy atom. The Hall–Kier alpha value is -0.130. The van der Waals surface area contributed by atoms with Crippen molar-refractivity contribution in [3.8, 4) is 0 Å². The average Bonchev–Trinajstić information content (AvgIpc) is 1.88. The highest BCUT2D eigenvalue weighted by molar-refractivity contribution is 9.10. The van der Waals surface area contributed by atoms with Gasteiger partial charge in [-0.1, -0.05) is 0 Å². The van der Waals surface area contributed by atoms with Crippen LogP contribution in [0.2, 0.25) is 0 Å². The fraction of sp³-hybridized carbons (Fsp3) is 0.200. The first-order valence-electron chi connectivity index (χ1n) is 2.60. The van der Waals surface area contributed by atoms with Gasteiger partial charge in [0.25, 0.3) is 0 Å². The van der Waals surface area contributed by atoms with Crippen LogP contribution in [0.3, 0.4) is 0 Å². The zero-order chi connectivity index (χ0) is 7.56. The van der Waals surface area contributed by atoms with Crippen LogP contribution in [0.15, 0.2) is 15.8 Å². The van der Waals surface area contributed by atoms with E-state index in [4.69, 9.17) is 5.14 Å². The third kappa shape index (κ3) is 1.68. The molecule has 5 heteroatoms. The van der Waals surface area contributed by atoms with Crippen molar-refractivity contribution in [2.45, 2.75) is 11.9 Å². The molecule has 0 aliphatic carbocycles. The molecule has 0 aromatic carbocycles. The van der Waals surface area contributed by atoms with Crippen LogP contribution in [0.4, 0.5) is 0 Å². The van der Waals surface area contributed by atoms with Crippen LogP contribution in [-0.2, 0) is 0 Å². The lowest BCUT2D eigenvalue weighted by molar-refractivity contribution is 0.980. The Morgan fingerprint density at radius 3 is 2.90 bits per heavy atom. The standard InChI is InChI=1S/C5H6BrN3S/c1-3-2-8-5(10-7)4(6)9-3/h2H,7H2,1H3. The van der Waals surface area contributed by atoms with Crippen molar-refractivity contribution in [1.29, 1.82) is 0 Å². The smallest absolute Gasteiger partial charge is 0.144 e. The van der Waals surface area contributed by atoms with Crippen LogP contribution in [-0.4, -0.2) is 9.97 Å². The second-order valence-corrected chi connectivity index (χ2v) is 3.10. The highest BCUT2D eigenvalue weighted by Gasteiger charge is 1.99. The molecule has 0 spiro atoms. The molecule has 0 unspecified atom stereocenters. The summed E-state index contributed by atoms with van der Waals surface area (Å²) in [6.45, 7) is 1.88. The minimum atomic E-state index is 0.708. The van der Waals surface area contributed by atoms with Crippen molar-refractivity contribution < 1.29 is 0 Å². The van der Waals surface area contributed by atoms with Crippen molar-refractivity contribution >= 4 is 27.9 Å². The molecule has 1 rings (SSSR count). The quantitative estimate of drug-likeness (QED) is 0.729. The van der Waals surface area contributed by atoms with Gasteiger partial charge in [-0.2, -0.15) is 0 Å². The molecular formula is C5H6BrN3S. The number of aromatic nitrogens is 2. The van der Waals surface area contributed by atoms with E-state index in [1.807, 2.05) is 6.92 Å². The van der Waals surface area contributed by atoms with Gasteiger partial charge in [-0.3, -0.25) is 5.14 Å². The minimum absolute atomic E-state index is 0.708. The Kier molecular flexibility index (Phi) is 2.64. The topological polar surface area (TPSA) is 51.8 Å². The summed E-state index contributed by atoms with van der Waals surface area (Å²) in [6, 6.07) is 0. The molecule has 0 saturated carbocycles. The summed E-state index contributed by atoms with van der Waals surface area (Å²) in [5.41, 5.74) is 0.879. The van der Waals surface area contributed by atoms with Crippen molar-refractivity contribution in [1.82, 2.24) is 9.97 Å². The van der Waals surface area contributed by atoms with Crippen molar-refractivity contribution in [3.63, 3.8) is 0 Å². The molecular weight excluding hydrogens is 214 g/mol. The molecule has 0 atom stereocenters. The zero-order valence-corrected chi connectivity index (χ0v) is 7.74. The summed E-state index contributed by atoms with van der Waals surface area (Å²) >= 11 is 4.32. The van der Waals surface area contributed by atoms with Crippen LogP contribution in [0.5, 0.6) is 0 Å². The number of nitrogens with two attached hydrogens (primary N) is 1. The number of hydrogen-bond donors (Lipinski definition) is 1. The Bertz CT molecular complexity index is 240. The SMILES string of the molecule is Cc1cnc(SN)c(Br)n1. The van der Waals surface area contributed by atoms with E-state index in [-0.39, 0.29) is 0 Å². The van der Waals surface area contributed by atoms with E-state index in [1.54, 1.807) is 6.20 Å². The zero-order valence-electron chi connectivity index (χ0n) is 5.34. The summed E-state index contributed by atoms with van der Waals surface area (Å²) in [4.78, 5) is 8.12. The van der Waals surface area contributed by atoms with Gasteiger partial charge in [-0.05, 0) is 34.8 Å². The van der Waals surface area contributed by atoms with Gasteiger partial charge < -0.3 is 0 Å². The van der Waals surface area contributed by atoms with Gasteiger partial charge in [-0.15, -0.1) is 0 Å². The molecule has 10 heavy (non-hydrogen) atoms. The van der Waals surface area contributed by atoms with Gasteiger partial charge in [0.05, 0.1) is 5.69 Å². The monoisotopic (exact) mass is 219 g/mol. The van der Waals surface area contributed by atoms with E-state index in [2.05, 4.69) is 25.9 Å². The van der Waals surface area contributed by atoms with Gasteiger partial charge in [-0.25, -0.2) is 9.97 Å². The van der Waals surface area contributed by atoms with E-state index in [1.165, 1.54) is 0 Å². The average molecular weight is 220 g/mol. The largest absolute Gasteiger partial charge is 0.272 e. The van der Waals surface area contributed by atoms with E-state index < -0.39 is 0 Å². The van der Waals surface area contributed by atoms with Crippen molar-refractivity contribution in [2.24, 2.45) is 5.14 Å². The highest BCUT2D eigenvalue weighted by Crippen LogP contribution is 2.18. The Labute approximate surface area is 71.7 Å². The van der Waals surface area contributed by atoms with E-state index in [9.17, 15) is 0 Å². The Balaban J connectivity index is 3.07. The predicted molar refractivity (Wildman–Crippen MR) is 44.5 cm³/mol. The lowest BCUT2D eigenvalue weighted by Gasteiger charge is -1.97. The van der Waals surface area contributed by atoms with Crippen molar-refractivity contribution in [3.05, 3.63) is 16.5 Å². The van der Waals surface area contributed by atoms with Gasteiger partial charge >= 0.3 is 0 Å². The van der Waals surface area contributed by atoms with Crippen LogP contribution in [0.25, 0.3) is 0 Å². The van der Waals surface area contributed by atoms with E-state index in [0.29, 0.717) is 9.63 Å². The molecule has 2 N–H and O–H groups in total. The van der Waals surface area contributed by atoms with Gasteiger partial charge in [0.15, 0.2) is 0 Å². The molecule has 3 nitrogen and oxygen atoms in total. The number of rotatable bonds is 1. The molecule has 0 amide bonds. The summed E-state index contributed by atoms with van der Waals surface area (Å²) in [7, 11) is 0. The third-order valence-corrected chi connectivity index (χ3v) is 2.27. The molecule has 0 aliphatic heterocycles. The molecule has 0 aliphatic rings. The minimum Gasteiger partial charge on any atom is -0.272 e. The summed E-state index contributed by atoms with van der Waals surface area (Å²) in [5, 5.41) is 6.00. The number of nitrogens with zero attached hydrogens (tertiary/aromatic N) is 2. The van der Waals surface area contributed by atoms with Gasteiger partial charge in [0.2, 0.25) is 0 Å². The first-order chi connectivity index (χ1) is 4.74. The molecule has 1 aromatic heterocycles. The number of halogens is 1. The van der Waals surface area contributed by atoms with Crippen LogP contribution in [0.1, 0.15) is 5.69 Å².